The Morgan fingerprint density at radius 2 is 0.619 bits per heavy atom. The Bertz CT molecular complexity index is 1280. The summed E-state index contributed by atoms with van der Waals surface area (Å²) in [7, 11) is 0. The fourth-order valence-corrected chi connectivity index (χ4v) is 6.93. The van der Waals surface area contributed by atoms with Gasteiger partial charge in [0.15, 0.2) is 6.10 Å². The first-order chi connectivity index (χ1) is 31.0. The van der Waals surface area contributed by atoms with E-state index in [9.17, 15) is 14.4 Å². The molecule has 0 amide bonds. The number of ether oxygens (including phenoxy) is 3. The van der Waals surface area contributed by atoms with Gasteiger partial charge in [-0.3, -0.25) is 14.4 Å². The van der Waals surface area contributed by atoms with Crippen molar-refractivity contribution in [3.8, 4) is 0 Å². The van der Waals surface area contributed by atoms with Crippen molar-refractivity contribution < 1.29 is 28.6 Å². The molecule has 1 unspecified atom stereocenters. The van der Waals surface area contributed by atoms with E-state index in [-0.39, 0.29) is 31.1 Å². The predicted molar refractivity (Wildman–Crippen MR) is 270 cm³/mol. The first kappa shape index (κ1) is 59.3. The summed E-state index contributed by atoms with van der Waals surface area (Å²) in [6, 6.07) is 0. The summed E-state index contributed by atoms with van der Waals surface area (Å²) in [6.45, 7) is 6.30. The molecule has 0 heterocycles. The van der Waals surface area contributed by atoms with Crippen molar-refractivity contribution in [1.29, 1.82) is 0 Å². The summed E-state index contributed by atoms with van der Waals surface area (Å²) in [5.74, 6) is -0.965. The third-order valence-corrected chi connectivity index (χ3v) is 10.8. The van der Waals surface area contributed by atoms with Gasteiger partial charge in [-0.05, 0) is 57.8 Å². The minimum atomic E-state index is -0.805. The summed E-state index contributed by atoms with van der Waals surface area (Å²) in [5.41, 5.74) is 0. The molecule has 6 nitrogen and oxygen atoms in total. The zero-order valence-electron chi connectivity index (χ0n) is 40.8. The Kier molecular flexibility index (Phi) is 48.0. The highest BCUT2D eigenvalue weighted by molar-refractivity contribution is 5.71. The predicted octanol–water partition coefficient (Wildman–Crippen LogP) is 17.0. The summed E-state index contributed by atoms with van der Waals surface area (Å²) >= 11 is 0. The fraction of sp³-hybridized carbons (Fsp3) is 0.667. The average Bonchev–Trinajstić information content (AvgIpc) is 3.28. The van der Waals surface area contributed by atoms with Gasteiger partial charge in [0.05, 0.1) is 0 Å². The van der Waals surface area contributed by atoms with Crippen molar-refractivity contribution in [2.24, 2.45) is 0 Å². The highest BCUT2D eigenvalue weighted by Crippen LogP contribution is 2.15. The van der Waals surface area contributed by atoms with Crippen LogP contribution in [0.2, 0.25) is 0 Å². The lowest BCUT2D eigenvalue weighted by atomic mass is 10.0. The van der Waals surface area contributed by atoms with Crippen LogP contribution in [0.4, 0.5) is 0 Å². The van der Waals surface area contributed by atoms with Gasteiger partial charge in [-0.2, -0.15) is 0 Å². The maximum absolute atomic E-state index is 12.8. The molecule has 0 aromatic rings. The molecule has 0 aliphatic rings. The number of unbranched alkanes of at least 4 members (excludes halogenated alkanes) is 24. The molecule has 0 saturated carbocycles. The molecule has 0 fully saturated rings. The van der Waals surface area contributed by atoms with Crippen LogP contribution in [0.1, 0.15) is 226 Å². The van der Waals surface area contributed by atoms with E-state index in [0.717, 1.165) is 96.3 Å². The zero-order chi connectivity index (χ0) is 45.8. The van der Waals surface area contributed by atoms with E-state index in [1.165, 1.54) is 89.9 Å². The molecular weight excluding hydrogens is 781 g/mol. The quantitative estimate of drug-likeness (QED) is 0.0262. The van der Waals surface area contributed by atoms with E-state index in [1.54, 1.807) is 0 Å². The topological polar surface area (TPSA) is 78.9 Å². The Labute approximate surface area is 387 Å². The van der Waals surface area contributed by atoms with Crippen molar-refractivity contribution in [3.05, 3.63) is 97.2 Å². The number of carbonyl (C=O) groups excluding carboxylic acids is 3. The highest BCUT2D eigenvalue weighted by atomic mass is 16.6. The Morgan fingerprint density at radius 1 is 0.333 bits per heavy atom. The van der Waals surface area contributed by atoms with E-state index < -0.39 is 6.10 Å². The number of rotatable bonds is 45. The maximum Gasteiger partial charge on any atom is 0.306 e. The van der Waals surface area contributed by atoms with Crippen LogP contribution >= 0.6 is 0 Å². The van der Waals surface area contributed by atoms with Crippen molar-refractivity contribution in [3.63, 3.8) is 0 Å². The second-order valence-corrected chi connectivity index (χ2v) is 16.9. The van der Waals surface area contributed by atoms with Crippen LogP contribution in [0.3, 0.4) is 0 Å². The van der Waals surface area contributed by atoms with Crippen LogP contribution in [0.25, 0.3) is 0 Å². The molecule has 63 heavy (non-hydrogen) atoms. The van der Waals surface area contributed by atoms with Gasteiger partial charge in [0, 0.05) is 19.3 Å². The minimum Gasteiger partial charge on any atom is -0.462 e. The molecule has 0 aromatic heterocycles. The van der Waals surface area contributed by atoms with Gasteiger partial charge in [0.2, 0.25) is 0 Å². The van der Waals surface area contributed by atoms with Gasteiger partial charge in [-0.1, -0.05) is 246 Å². The molecule has 0 bridgehead atoms. The molecule has 0 rings (SSSR count). The molecule has 0 aliphatic heterocycles. The lowest BCUT2D eigenvalue weighted by Gasteiger charge is -2.18. The lowest BCUT2D eigenvalue weighted by molar-refractivity contribution is -0.167. The summed E-state index contributed by atoms with van der Waals surface area (Å²) in [6.07, 6.45) is 66.8. The molecule has 0 aromatic carbocycles. The van der Waals surface area contributed by atoms with Crippen LogP contribution < -0.4 is 0 Å². The van der Waals surface area contributed by atoms with Crippen molar-refractivity contribution >= 4 is 17.9 Å². The maximum atomic E-state index is 12.8. The van der Waals surface area contributed by atoms with Gasteiger partial charge >= 0.3 is 17.9 Å². The third kappa shape index (κ3) is 49.2. The summed E-state index contributed by atoms with van der Waals surface area (Å²) < 4.78 is 16.7. The number of esters is 3. The van der Waals surface area contributed by atoms with Crippen molar-refractivity contribution in [2.45, 2.75) is 232 Å². The van der Waals surface area contributed by atoms with Gasteiger partial charge < -0.3 is 14.2 Å². The molecule has 0 spiro atoms. The van der Waals surface area contributed by atoms with Crippen molar-refractivity contribution in [2.75, 3.05) is 13.2 Å². The molecule has 1 atom stereocenters. The third-order valence-electron chi connectivity index (χ3n) is 10.8. The highest BCUT2D eigenvalue weighted by Gasteiger charge is 2.19. The number of hydrogen-bond donors (Lipinski definition) is 0. The largest absolute Gasteiger partial charge is 0.462 e. The standard InChI is InChI=1S/C57H94O6/c1-4-7-10-13-16-19-22-25-27-28-30-32-35-38-41-44-47-50-56(59)62-53-54(52-61-55(58)49-46-43-40-37-34-31-24-21-18-15-12-9-6-3)63-57(60)51-48-45-42-39-36-33-29-26-23-20-17-14-11-8-5-2/h8-9,11-12,14-15,17-18,20-21,23-24,26,29,31,34,54H,4-7,10,13,16,19,22,25,27-28,30,32-33,35-53H2,1-3H3/b11-8-,12-9-,17-14-,18-15-,23-20-,24-21-,29-26-,34-31-. The van der Waals surface area contributed by atoms with E-state index in [4.69, 9.17) is 14.2 Å². The van der Waals surface area contributed by atoms with Gasteiger partial charge in [0.1, 0.15) is 13.2 Å². The van der Waals surface area contributed by atoms with Crippen LogP contribution in [-0.4, -0.2) is 37.2 Å². The number of hydrogen-bond acceptors (Lipinski definition) is 6. The molecule has 0 N–H and O–H groups in total. The van der Waals surface area contributed by atoms with Gasteiger partial charge in [-0.15, -0.1) is 0 Å². The zero-order valence-corrected chi connectivity index (χ0v) is 40.8. The second kappa shape index (κ2) is 51.0. The molecule has 6 heteroatoms. The first-order valence-electron chi connectivity index (χ1n) is 25.8. The summed E-state index contributed by atoms with van der Waals surface area (Å²) in [4.78, 5) is 38.0. The van der Waals surface area contributed by atoms with Crippen LogP contribution in [0.15, 0.2) is 97.2 Å². The second-order valence-electron chi connectivity index (χ2n) is 16.9. The van der Waals surface area contributed by atoms with E-state index >= 15 is 0 Å². The first-order valence-corrected chi connectivity index (χ1v) is 25.8. The Balaban J connectivity index is 4.46. The van der Waals surface area contributed by atoms with E-state index in [1.807, 2.05) is 60.8 Å². The Hall–Kier alpha value is -3.67. The SMILES string of the molecule is CC\C=C/C=C\C=C/C=C\CCCCCCCC(=O)OC(COC(=O)CCCCC\C=C/C=C\C=C/C=C\CC)COC(=O)CCCCCCCCCCCCCCCCCCC. The summed E-state index contributed by atoms with van der Waals surface area (Å²) in [5, 5.41) is 0. The monoisotopic (exact) mass is 875 g/mol. The smallest absolute Gasteiger partial charge is 0.306 e. The normalized spacial score (nSPS) is 12.9. The minimum absolute atomic E-state index is 0.0995. The molecule has 0 aliphatic carbocycles. The number of carbonyl (C=O) groups is 3. The molecule has 0 radical (unpaired) electrons. The fourth-order valence-electron chi connectivity index (χ4n) is 6.93. The van der Waals surface area contributed by atoms with Gasteiger partial charge in [0.25, 0.3) is 0 Å². The molecular formula is C57H94O6. The lowest BCUT2D eigenvalue weighted by Crippen LogP contribution is -2.30. The van der Waals surface area contributed by atoms with Crippen LogP contribution in [0.5, 0.6) is 0 Å². The average molecular weight is 875 g/mol. The van der Waals surface area contributed by atoms with Crippen LogP contribution in [0, 0.1) is 0 Å². The van der Waals surface area contributed by atoms with Crippen LogP contribution in [-0.2, 0) is 28.6 Å². The van der Waals surface area contributed by atoms with Crippen molar-refractivity contribution in [1.82, 2.24) is 0 Å². The van der Waals surface area contributed by atoms with E-state index in [0.29, 0.717) is 19.3 Å². The Morgan fingerprint density at radius 3 is 0.984 bits per heavy atom. The molecule has 0 saturated heterocycles. The number of allylic oxidation sites excluding steroid dienone is 16. The van der Waals surface area contributed by atoms with E-state index in [2.05, 4.69) is 57.2 Å². The van der Waals surface area contributed by atoms with Gasteiger partial charge in [-0.25, -0.2) is 0 Å². The molecule has 358 valence electrons.